The second kappa shape index (κ2) is 5.91. The van der Waals surface area contributed by atoms with Gasteiger partial charge in [-0.25, -0.2) is 0 Å². The average molecular weight is 447 g/mol. The van der Waals surface area contributed by atoms with Gasteiger partial charge in [0.1, 0.15) is 19.3 Å². The number of aliphatic hydroxyl groups excluding tert-OH is 1. The highest BCUT2D eigenvalue weighted by Crippen LogP contribution is 2.40. The highest BCUT2D eigenvalue weighted by atomic mass is 127. The van der Waals surface area contributed by atoms with E-state index in [2.05, 4.69) is 38.5 Å². The lowest BCUT2D eigenvalue weighted by Gasteiger charge is -2.22. The molecule has 2 aromatic rings. The molecule has 3 rings (SSSR count). The Morgan fingerprint density at radius 3 is 2.40 bits per heavy atom. The lowest BCUT2D eigenvalue weighted by atomic mass is 10.0. The first-order valence-electron chi connectivity index (χ1n) is 6.18. The normalized spacial score (nSPS) is 14.9. The molecule has 0 saturated heterocycles. The first kappa shape index (κ1) is 14.2. The van der Waals surface area contributed by atoms with Gasteiger partial charge in [-0.3, -0.25) is 0 Å². The van der Waals surface area contributed by atoms with Crippen molar-refractivity contribution in [2.75, 3.05) is 13.2 Å². The zero-order valence-corrected chi connectivity index (χ0v) is 14.2. The quantitative estimate of drug-likeness (QED) is 0.711. The highest BCUT2D eigenvalue weighted by molar-refractivity contribution is 14.1. The van der Waals surface area contributed by atoms with Crippen LogP contribution in [0.3, 0.4) is 0 Å². The van der Waals surface area contributed by atoms with Gasteiger partial charge in [-0.15, -0.1) is 0 Å². The van der Waals surface area contributed by atoms with Crippen LogP contribution in [0.2, 0.25) is 0 Å². The molecule has 1 heterocycles. The fraction of sp³-hybridized carbons (Fsp3) is 0.200. The molecule has 0 aliphatic carbocycles. The third kappa shape index (κ3) is 2.66. The number of hydrogen-bond donors (Lipinski definition) is 1. The van der Waals surface area contributed by atoms with Crippen LogP contribution in [0.25, 0.3) is 0 Å². The standard InChI is InChI=1S/C15H12BrIO3/c16-11-8-14-13(19-5-6-20-14)7-10(11)15(18)9-3-1-2-4-12(9)17/h1-4,7-8,15,18H,5-6H2. The van der Waals surface area contributed by atoms with E-state index in [9.17, 15) is 5.11 Å². The minimum absolute atomic E-state index is 0.535. The van der Waals surface area contributed by atoms with Gasteiger partial charge in [0.05, 0.1) is 0 Å². The van der Waals surface area contributed by atoms with Gasteiger partial charge in [-0.2, -0.15) is 0 Å². The summed E-state index contributed by atoms with van der Waals surface area (Å²) in [5, 5.41) is 10.6. The molecular formula is C15H12BrIO3. The number of hydrogen-bond acceptors (Lipinski definition) is 3. The number of ether oxygens (including phenoxy) is 2. The van der Waals surface area contributed by atoms with Crippen molar-refractivity contribution in [2.24, 2.45) is 0 Å². The van der Waals surface area contributed by atoms with Crippen LogP contribution in [-0.2, 0) is 0 Å². The first-order chi connectivity index (χ1) is 9.66. The maximum Gasteiger partial charge on any atom is 0.162 e. The first-order valence-corrected chi connectivity index (χ1v) is 8.05. The molecule has 3 nitrogen and oxygen atoms in total. The van der Waals surface area contributed by atoms with Crippen molar-refractivity contribution in [1.82, 2.24) is 0 Å². The number of fused-ring (bicyclic) bond motifs is 1. The van der Waals surface area contributed by atoms with E-state index in [-0.39, 0.29) is 0 Å². The van der Waals surface area contributed by atoms with Crippen LogP contribution >= 0.6 is 38.5 Å². The van der Waals surface area contributed by atoms with Crippen molar-refractivity contribution in [2.45, 2.75) is 6.10 Å². The summed E-state index contributed by atoms with van der Waals surface area (Å²) in [5.74, 6) is 1.39. The predicted octanol–water partition coefficient (Wildman–Crippen LogP) is 3.91. The largest absolute Gasteiger partial charge is 0.486 e. The van der Waals surface area contributed by atoms with Gasteiger partial charge < -0.3 is 14.6 Å². The van der Waals surface area contributed by atoms with Gasteiger partial charge in [0.25, 0.3) is 0 Å². The minimum Gasteiger partial charge on any atom is -0.486 e. The molecule has 1 aliphatic rings. The van der Waals surface area contributed by atoms with Crippen molar-refractivity contribution in [3.8, 4) is 11.5 Å². The Labute approximate surface area is 139 Å². The van der Waals surface area contributed by atoms with Gasteiger partial charge >= 0.3 is 0 Å². The SMILES string of the molecule is OC(c1cc2c(cc1Br)OCCO2)c1ccccc1I. The Balaban J connectivity index is 2.03. The zero-order valence-electron chi connectivity index (χ0n) is 10.5. The van der Waals surface area contributed by atoms with Crippen LogP contribution in [-0.4, -0.2) is 18.3 Å². The van der Waals surface area contributed by atoms with Crippen molar-refractivity contribution in [1.29, 1.82) is 0 Å². The number of halogens is 2. The van der Waals surface area contributed by atoms with E-state index < -0.39 is 6.10 Å². The summed E-state index contributed by atoms with van der Waals surface area (Å²) in [4.78, 5) is 0. The van der Waals surface area contributed by atoms with Crippen molar-refractivity contribution in [3.05, 3.63) is 55.6 Å². The van der Waals surface area contributed by atoms with Gasteiger partial charge in [-0.1, -0.05) is 34.1 Å². The predicted molar refractivity (Wildman–Crippen MR) is 88.4 cm³/mol. The fourth-order valence-electron chi connectivity index (χ4n) is 2.15. The molecule has 0 bridgehead atoms. The molecule has 2 aromatic carbocycles. The summed E-state index contributed by atoms with van der Waals surface area (Å²) in [7, 11) is 0. The Bertz CT molecular complexity index is 645. The molecule has 1 unspecified atom stereocenters. The van der Waals surface area contributed by atoms with Crippen LogP contribution in [0.1, 0.15) is 17.2 Å². The Hall–Kier alpha value is -0.790. The Morgan fingerprint density at radius 1 is 1.05 bits per heavy atom. The van der Waals surface area contributed by atoms with Crippen LogP contribution in [0.5, 0.6) is 11.5 Å². The van der Waals surface area contributed by atoms with Gasteiger partial charge in [-0.05, 0) is 46.4 Å². The molecule has 104 valence electrons. The van der Waals surface area contributed by atoms with Crippen LogP contribution in [0, 0.1) is 3.57 Å². The lowest BCUT2D eigenvalue weighted by Crippen LogP contribution is -2.16. The summed E-state index contributed by atoms with van der Waals surface area (Å²) in [6.07, 6.45) is -0.701. The maximum atomic E-state index is 10.6. The molecule has 1 aliphatic heterocycles. The molecule has 0 spiro atoms. The molecule has 20 heavy (non-hydrogen) atoms. The molecule has 0 radical (unpaired) electrons. The van der Waals surface area contributed by atoms with Gasteiger partial charge in [0, 0.05) is 13.6 Å². The van der Waals surface area contributed by atoms with Crippen LogP contribution in [0.4, 0.5) is 0 Å². The molecule has 5 heteroatoms. The molecule has 0 amide bonds. The summed E-state index contributed by atoms with van der Waals surface area (Å²) in [6, 6.07) is 11.5. The van der Waals surface area contributed by atoms with E-state index in [1.54, 1.807) is 0 Å². The Kier molecular flexibility index (Phi) is 4.18. The summed E-state index contributed by atoms with van der Waals surface area (Å²) < 4.78 is 12.9. The topological polar surface area (TPSA) is 38.7 Å². The second-order valence-electron chi connectivity index (χ2n) is 4.44. The zero-order chi connectivity index (χ0) is 14.1. The minimum atomic E-state index is -0.701. The molecule has 0 aromatic heterocycles. The third-order valence-corrected chi connectivity index (χ3v) is 4.83. The molecule has 0 saturated carbocycles. The van der Waals surface area contributed by atoms with Crippen LogP contribution in [0.15, 0.2) is 40.9 Å². The summed E-state index contributed by atoms with van der Waals surface area (Å²) in [5.41, 5.74) is 1.66. The van der Waals surface area contributed by atoms with E-state index in [1.165, 1.54) is 0 Å². The van der Waals surface area contributed by atoms with Gasteiger partial charge in [0.2, 0.25) is 0 Å². The monoisotopic (exact) mass is 446 g/mol. The van der Waals surface area contributed by atoms with E-state index in [1.807, 2.05) is 36.4 Å². The number of rotatable bonds is 2. The second-order valence-corrected chi connectivity index (χ2v) is 6.46. The molecular weight excluding hydrogens is 435 g/mol. The van der Waals surface area contributed by atoms with E-state index in [4.69, 9.17) is 9.47 Å². The van der Waals surface area contributed by atoms with Gasteiger partial charge in [0.15, 0.2) is 11.5 Å². The van der Waals surface area contributed by atoms with E-state index in [0.717, 1.165) is 19.2 Å². The Morgan fingerprint density at radius 2 is 1.70 bits per heavy atom. The highest BCUT2D eigenvalue weighted by Gasteiger charge is 2.21. The number of benzene rings is 2. The molecule has 0 fully saturated rings. The van der Waals surface area contributed by atoms with Crippen molar-refractivity contribution < 1.29 is 14.6 Å². The third-order valence-electron chi connectivity index (χ3n) is 3.16. The number of aliphatic hydroxyl groups is 1. The summed E-state index contributed by atoms with van der Waals surface area (Å²) >= 11 is 5.73. The molecule has 1 N–H and O–H groups in total. The average Bonchev–Trinajstić information content (AvgIpc) is 2.46. The maximum absolute atomic E-state index is 10.6. The van der Waals surface area contributed by atoms with E-state index in [0.29, 0.717) is 24.7 Å². The lowest BCUT2D eigenvalue weighted by molar-refractivity contribution is 0.169. The van der Waals surface area contributed by atoms with Crippen molar-refractivity contribution >= 4 is 38.5 Å². The van der Waals surface area contributed by atoms with Crippen molar-refractivity contribution in [3.63, 3.8) is 0 Å². The van der Waals surface area contributed by atoms with Crippen LogP contribution < -0.4 is 9.47 Å². The molecule has 1 atom stereocenters. The van der Waals surface area contributed by atoms with E-state index >= 15 is 0 Å². The fourth-order valence-corrected chi connectivity index (χ4v) is 3.38. The smallest absolute Gasteiger partial charge is 0.162 e. The summed E-state index contributed by atoms with van der Waals surface area (Å²) in [6.45, 7) is 1.09.